The van der Waals surface area contributed by atoms with Gasteiger partial charge in [0, 0.05) is 0 Å². The van der Waals surface area contributed by atoms with E-state index in [-0.39, 0.29) is 0 Å². The second kappa shape index (κ2) is 11.5. The van der Waals surface area contributed by atoms with Crippen LogP contribution in [-0.2, 0) is 6.42 Å². The number of allylic oxidation sites excluding steroid dienone is 1. The molecule has 0 atom stereocenters. The largest absolute Gasteiger partial charge is 0.317 e. The molecule has 1 rings (SSSR count). The normalized spacial score (nSPS) is 11.5. The summed E-state index contributed by atoms with van der Waals surface area (Å²) in [5.41, 5.74) is 5.79. The number of unbranched alkanes of at least 4 members (excludes halogenated alkanes) is 3. The van der Waals surface area contributed by atoms with E-state index < -0.39 is 0 Å². The third-order valence-corrected chi connectivity index (χ3v) is 4.35. The first-order valence-corrected chi connectivity index (χ1v) is 9.16. The molecule has 1 aromatic rings. The van der Waals surface area contributed by atoms with Crippen molar-refractivity contribution in [3.05, 3.63) is 40.5 Å². The van der Waals surface area contributed by atoms with Crippen LogP contribution >= 0.6 is 0 Å². The molecule has 0 amide bonds. The molecule has 1 N–H and O–H groups in total. The fourth-order valence-corrected chi connectivity index (χ4v) is 2.76. The van der Waals surface area contributed by atoms with Gasteiger partial charge in [0.15, 0.2) is 0 Å². The molecule has 0 aliphatic rings. The standard InChI is InChI=1S/C21H35N/c1-5-7-10-14-22-15-11-9-13-21-17-20(12-8-6-2)16-18(3)19(21)4/h8,12,16-17,22H,5-7,9-11,13-15H2,1-4H3/b12-8+. The average molecular weight is 302 g/mol. The number of hydrogen-bond acceptors (Lipinski definition) is 1. The first-order chi connectivity index (χ1) is 10.7. The van der Waals surface area contributed by atoms with Gasteiger partial charge in [0.2, 0.25) is 0 Å². The van der Waals surface area contributed by atoms with E-state index in [2.05, 4.69) is 57.3 Å². The van der Waals surface area contributed by atoms with E-state index in [1.165, 1.54) is 67.3 Å². The van der Waals surface area contributed by atoms with Gasteiger partial charge in [0.05, 0.1) is 0 Å². The summed E-state index contributed by atoms with van der Waals surface area (Å²) in [7, 11) is 0. The third kappa shape index (κ3) is 7.26. The van der Waals surface area contributed by atoms with E-state index in [1.54, 1.807) is 0 Å². The van der Waals surface area contributed by atoms with Crippen LogP contribution < -0.4 is 5.32 Å². The molecule has 0 aliphatic carbocycles. The molecule has 0 saturated carbocycles. The van der Waals surface area contributed by atoms with Crippen molar-refractivity contribution in [3.8, 4) is 0 Å². The van der Waals surface area contributed by atoms with Crippen LogP contribution in [0.1, 0.15) is 74.6 Å². The molecule has 0 unspecified atom stereocenters. The van der Waals surface area contributed by atoms with Crippen molar-refractivity contribution in [2.45, 2.75) is 72.6 Å². The van der Waals surface area contributed by atoms with Crippen LogP contribution in [0.15, 0.2) is 18.2 Å². The van der Waals surface area contributed by atoms with Crippen LogP contribution in [0.4, 0.5) is 0 Å². The highest BCUT2D eigenvalue weighted by molar-refractivity contribution is 5.54. The lowest BCUT2D eigenvalue weighted by Crippen LogP contribution is -2.16. The van der Waals surface area contributed by atoms with Gasteiger partial charge >= 0.3 is 0 Å². The lowest BCUT2D eigenvalue weighted by Gasteiger charge is -2.11. The Morgan fingerprint density at radius 1 is 0.955 bits per heavy atom. The topological polar surface area (TPSA) is 12.0 Å². The molecule has 0 bridgehead atoms. The molecular weight excluding hydrogens is 266 g/mol. The first-order valence-electron chi connectivity index (χ1n) is 9.16. The predicted molar refractivity (Wildman–Crippen MR) is 101 cm³/mol. The van der Waals surface area contributed by atoms with Crippen molar-refractivity contribution in [1.29, 1.82) is 0 Å². The third-order valence-electron chi connectivity index (χ3n) is 4.35. The zero-order valence-corrected chi connectivity index (χ0v) is 15.2. The number of hydrogen-bond donors (Lipinski definition) is 1. The molecule has 124 valence electrons. The molecular formula is C21H35N. The Bertz CT molecular complexity index is 445. The van der Waals surface area contributed by atoms with Gasteiger partial charge in [0.25, 0.3) is 0 Å². The summed E-state index contributed by atoms with van der Waals surface area (Å²) in [6.07, 6.45) is 13.3. The van der Waals surface area contributed by atoms with E-state index in [0.29, 0.717) is 0 Å². The van der Waals surface area contributed by atoms with Crippen molar-refractivity contribution in [2.75, 3.05) is 13.1 Å². The Morgan fingerprint density at radius 3 is 2.36 bits per heavy atom. The summed E-state index contributed by atoms with van der Waals surface area (Å²) in [6.45, 7) is 11.3. The Kier molecular flexibility index (Phi) is 9.90. The highest BCUT2D eigenvalue weighted by Gasteiger charge is 2.03. The van der Waals surface area contributed by atoms with Crippen LogP contribution in [0.2, 0.25) is 0 Å². The van der Waals surface area contributed by atoms with Gasteiger partial charge in [-0.15, -0.1) is 0 Å². The summed E-state index contributed by atoms with van der Waals surface area (Å²) in [5.74, 6) is 0. The molecule has 0 radical (unpaired) electrons. The van der Waals surface area contributed by atoms with E-state index in [1.807, 2.05) is 0 Å². The molecule has 0 aromatic heterocycles. The van der Waals surface area contributed by atoms with Gasteiger partial charge in [-0.05, 0) is 81.3 Å². The summed E-state index contributed by atoms with van der Waals surface area (Å²) in [4.78, 5) is 0. The number of benzene rings is 1. The van der Waals surface area contributed by atoms with Gasteiger partial charge in [-0.1, -0.05) is 51.0 Å². The summed E-state index contributed by atoms with van der Waals surface area (Å²) >= 11 is 0. The second-order valence-corrected chi connectivity index (χ2v) is 6.35. The smallest absolute Gasteiger partial charge is 0.00488 e. The van der Waals surface area contributed by atoms with Gasteiger partial charge in [-0.3, -0.25) is 0 Å². The number of nitrogens with one attached hydrogen (secondary N) is 1. The van der Waals surface area contributed by atoms with Crippen LogP contribution in [0.3, 0.4) is 0 Å². The van der Waals surface area contributed by atoms with Crippen LogP contribution in [0, 0.1) is 13.8 Å². The van der Waals surface area contributed by atoms with Crippen molar-refractivity contribution >= 4 is 6.08 Å². The van der Waals surface area contributed by atoms with E-state index >= 15 is 0 Å². The quantitative estimate of drug-likeness (QED) is 0.507. The highest BCUT2D eigenvalue weighted by atomic mass is 14.8. The zero-order valence-electron chi connectivity index (χ0n) is 15.2. The Labute approximate surface area is 138 Å². The fourth-order valence-electron chi connectivity index (χ4n) is 2.76. The summed E-state index contributed by atoms with van der Waals surface area (Å²) in [6, 6.07) is 4.68. The molecule has 0 saturated heterocycles. The molecule has 1 heteroatoms. The summed E-state index contributed by atoms with van der Waals surface area (Å²) < 4.78 is 0. The number of aryl methyl sites for hydroxylation is 2. The van der Waals surface area contributed by atoms with Gasteiger partial charge in [-0.25, -0.2) is 0 Å². The van der Waals surface area contributed by atoms with Crippen molar-refractivity contribution < 1.29 is 0 Å². The monoisotopic (exact) mass is 301 g/mol. The van der Waals surface area contributed by atoms with Crippen LogP contribution in [0.25, 0.3) is 6.08 Å². The Morgan fingerprint density at radius 2 is 1.68 bits per heavy atom. The molecule has 1 nitrogen and oxygen atoms in total. The average Bonchev–Trinajstić information content (AvgIpc) is 2.52. The highest BCUT2D eigenvalue weighted by Crippen LogP contribution is 2.19. The lowest BCUT2D eigenvalue weighted by molar-refractivity contribution is 0.585. The lowest BCUT2D eigenvalue weighted by atomic mass is 9.95. The Balaban J connectivity index is 2.38. The second-order valence-electron chi connectivity index (χ2n) is 6.35. The van der Waals surface area contributed by atoms with Crippen LogP contribution in [0.5, 0.6) is 0 Å². The van der Waals surface area contributed by atoms with E-state index in [4.69, 9.17) is 0 Å². The predicted octanol–water partition coefficient (Wildman–Crippen LogP) is 5.83. The van der Waals surface area contributed by atoms with Crippen LogP contribution in [-0.4, -0.2) is 13.1 Å². The summed E-state index contributed by atoms with van der Waals surface area (Å²) in [5, 5.41) is 3.56. The maximum Gasteiger partial charge on any atom is -0.00488 e. The number of rotatable bonds is 11. The molecule has 0 aliphatic heterocycles. The minimum absolute atomic E-state index is 1.10. The van der Waals surface area contributed by atoms with Gasteiger partial charge in [0.1, 0.15) is 0 Å². The molecule has 0 fully saturated rings. The molecule has 0 spiro atoms. The maximum atomic E-state index is 3.56. The minimum Gasteiger partial charge on any atom is -0.317 e. The SMILES string of the molecule is CC/C=C/c1cc(C)c(C)c(CCCCNCCCCC)c1. The maximum absolute atomic E-state index is 3.56. The van der Waals surface area contributed by atoms with Crippen molar-refractivity contribution in [2.24, 2.45) is 0 Å². The van der Waals surface area contributed by atoms with E-state index in [0.717, 1.165) is 13.0 Å². The van der Waals surface area contributed by atoms with Gasteiger partial charge in [-0.2, -0.15) is 0 Å². The Hall–Kier alpha value is -1.08. The fraction of sp³-hybridized carbons (Fsp3) is 0.619. The minimum atomic E-state index is 1.10. The van der Waals surface area contributed by atoms with Gasteiger partial charge < -0.3 is 5.32 Å². The zero-order chi connectivity index (χ0) is 16.2. The molecule has 1 aromatic carbocycles. The molecule has 22 heavy (non-hydrogen) atoms. The molecule has 0 heterocycles. The van der Waals surface area contributed by atoms with Crippen molar-refractivity contribution in [3.63, 3.8) is 0 Å². The first kappa shape index (κ1) is 19.0. The van der Waals surface area contributed by atoms with E-state index in [9.17, 15) is 0 Å². The van der Waals surface area contributed by atoms with Crippen molar-refractivity contribution in [1.82, 2.24) is 5.32 Å².